The number of nitrogen functional groups attached to an aromatic ring is 1. The Morgan fingerprint density at radius 3 is 2.70 bits per heavy atom. The van der Waals surface area contributed by atoms with E-state index < -0.39 is 9.84 Å². The van der Waals surface area contributed by atoms with Gasteiger partial charge in [0.1, 0.15) is 11.6 Å². The molecule has 20 heavy (non-hydrogen) atoms. The summed E-state index contributed by atoms with van der Waals surface area (Å²) in [6.45, 7) is 3.08. The Morgan fingerprint density at radius 1 is 1.35 bits per heavy atom. The predicted molar refractivity (Wildman–Crippen MR) is 82.9 cm³/mol. The molecule has 0 bridgehead atoms. The van der Waals surface area contributed by atoms with Gasteiger partial charge in [-0.2, -0.15) is 0 Å². The number of sulfone groups is 1. The predicted octanol–water partition coefficient (Wildman–Crippen LogP) is 1.19. The third-order valence-corrected chi connectivity index (χ3v) is 5.65. The van der Waals surface area contributed by atoms with Crippen LogP contribution in [0.5, 0.6) is 0 Å². The average molecular weight is 316 g/mol. The van der Waals surface area contributed by atoms with E-state index in [0.29, 0.717) is 24.1 Å². The molecule has 0 radical (unpaired) electrons. The van der Waals surface area contributed by atoms with Gasteiger partial charge in [-0.05, 0) is 6.42 Å². The molecule has 0 unspecified atom stereocenters. The third kappa shape index (κ3) is 4.24. The highest BCUT2D eigenvalue weighted by Gasteiger charge is 2.23. The first kappa shape index (κ1) is 15.4. The van der Waals surface area contributed by atoms with Crippen LogP contribution in [0, 0.1) is 0 Å². The van der Waals surface area contributed by atoms with Gasteiger partial charge >= 0.3 is 0 Å². The van der Waals surface area contributed by atoms with Gasteiger partial charge in [-0.25, -0.2) is 18.4 Å². The van der Waals surface area contributed by atoms with Crippen molar-refractivity contribution in [3.8, 4) is 0 Å². The van der Waals surface area contributed by atoms with Crippen LogP contribution in [0.3, 0.4) is 0 Å². The van der Waals surface area contributed by atoms with Crippen molar-refractivity contribution in [2.75, 3.05) is 41.0 Å². The first-order chi connectivity index (χ1) is 9.50. The molecule has 1 aromatic heterocycles. The molecule has 0 atom stereocenters. The van der Waals surface area contributed by atoms with Crippen LogP contribution >= 0.6 is 11.8 Å². The molecule has 112 valence electrons. The van der Waals surface area contributed by atoms with Gasteiger partial charge in [0.2, 0.25) is 0 Å². The summed E-state index contributed by atoms with van der Waals surface area (Å²) in [6.07, 6.45) is 2.24. The summed E-state index contributed by atoms with van der Waals surface area (Å²) < 4.78 is 22.9. The van der Waals surface area contributed by atoms with Crippen molar-refractivity contribution in [1.29, 1.82) is 0 Å². The second kappa shape index (κ2) is 6.62. The minimum Gasteiger partial charge on any atom is -0.383 e. The Bertz CT molecular complexity index is 549. The lowest BCUT2D eigenvalue weighted by atomic mass is 10.4. The molecule has 8 heteroatoms. The number of nitrogens with zero attached hydrogens (tertiary/aromatic N) is 3. The lowest BCUT2D eigenvalue weighted by molar-refractivity contribution is 0.586. The number of nitrogens with two attached hydrogens (primary N) is 1. The fourth-order valence-corrected chi connectivity index (χ4v) is 4.05. The van der Waals surface area contributed by atoms with Crippen molar-refractivity contribution >= 4 is 33.2 Å². The minimum absolute atomic E-state index is 0.176. The highest BCUT2D eigenvalue weighted by molar-refractivity contribution is 7.99. The van der Waals surface area contributed by atoms with Crippen LogP contribution in [-0.2, 0) is 9.84 Å². The van der Waals surface area contributed by atoms with E-state index in [2.05, 4.69) is 16.9 Å². The molecule has 0 aromatic carbocycles. The SMILES string of the molecule is CCCCSc1nc(N)cc(N2CCS(=O)(=O)CC2)n1. The molecule has 1 aromatic rings. The normalized spacial score (nSPS) is 18.1. The van der Waals surface area contributed by atoms with E-state index in [-0.39, 0.29) is 11.5 Å². The maximum absolute atomic E-state index is 11.4. The van der Waals surface area contributed by atoms with E-state index in [1.807, 2.05) is 4.90 Å². The van der Waals surface area contributed by atoms with Gasteiger partial charge in [0, 0.05) is 24.9 Å². The molecule has 2 N–H and O–H groups in total. The summed E-state index contributed by atoms with van der Waals surface area (Å²) in [5.74, 6) is 2.48. The lowest BCUT2D eigenvalue weighted by Crippen LogP contribution is -2.40. The zero-order valence-electron chi connectivity index (χ0n) is 11.6. The zero-order valence-corrected chi connectivity index (χ0v) is 13.2. The molecule has 1 saturated heterocycles. The van der Waals surface area contributed by atoms with Gasteiger partial charge in [0.05, 0.1) is 11.5 Å². The van der Waals surface area contributed by atoms with Crippen molar-refractivity contribution < 1.29 is 8.42 Å². The molecule has 0 aliphatic carbocycles. The van der Waals surface area contributed by atoms with Crippen molar-refractivity contribution in [2.45, 2.75) is 24.9 Å². The van der Waals surface area contributed by atoms with Crippen LogP contribution in [0.4, 0.5) is 11.6 Å². The Kier molecular flexibility index (Phi) is 5.09. The maximum Gasteiger partial charge on any atom is 0.191 e. The molecule has 1 fully saturated rings. The summed E-state index contributed by atoms with van der Waals surface area (Å²) in [6, 6.07) is 1.71. The molecular formula is C12H20N4O2S2. The summed E-state index contributed by atoms with van der Waals surface area (Å²) in [7, 11) is -2.88. The molecular weight excluding hydrogens is 296 g/mol. The number of hydrogen-bond donors (Lipinski definition) is 1. The van der Waals surface area contributed by atoms with Crippen molar-refractivity contribution in [3.05, 3.63) is 6.07 Å². The van der Waals surface area contributed by atoms with E-state index in [4.69, 9.17) is 5.73 Å². The van der Waals surface area contributed by atoms with Crippen molar-refractivity contribution in [2.24, 2.45) is 0 Å². The maximum atomic E-state index is 11.4. The van der Waals surface area contributed by atoms with Gasteiger partial charge in [-0.3, -0.25) is 0 Å². The van der Waals surface area contributed by atoms with Crippen molar-refractivity contribution in [3.63, 3.8) is 0 Å². The van der Waals surface area contributed by atoms with Gasteiger partial charge in [-0.15, -0.1) is 0 Å². The number of aromatic nitrogens is 2. The monoisotopic (exact) mass is 316 g/mol. The number of thioether (sulfide) groups is 1. The van der Waals surface area contributed by atoms with Gasteiger partial charge in [-0.1, -0.05) is 25.1 Å². The molecule has 2 heterocycles. The second-order valence-electron chi connectivity index (χ2n) is 4.77. The standard InChI is InChI=1S/C12H20N4O2S2/c1-2-3-6-19-12-14-10(13)9-11(15-12)16-4-7-20(17,18)8-5-16/h9H,2-8H2,1H3,(H2,13,14,15). The van der Waals surface area contributed by atoms with E-state index in [1.165, 1.54) is 0 Å². The lowest BCUT2D eigenvalue weighted by Gasteiger charge is -2.27. The molecule has 1 aliphatic heterocycles. The number of anilines is 2. The Morgan fingerprint density at radius 2 is 2.05 bits per heavy atom. The van der Waals surface area contributed by atoms with E-state index in [0.717, 1.165) is 24.4 Å². The quantitative estimate of drug-likeness (QED) is 0.496. The van der Waals surface area contributed by atoms with Crippen LogP contribution in [0.2, 0.25) is 0 Å². The van der Waals surface area contributed by atoms with E-state index in [1.54, 1.807) is 17.8 Å². The Balaban J connectivity index is 2.08. The van der Waals surface area contributed by atoms with Crippen LogP contribution in [0.25, 0.3) is 0 Å². The molecule has 6 nitrogen and oxygen atoms in total. The molecule has 0 saturated carbocycles. The molecule has 1 aliphatic rings. The summed E-state index contributed by atoms with van der Waals surface area (Å²) in [4.78, 5) is 10.7. The number of rotatable bonds is 5. The fraction of sp³-hybridized carbons (Fsp3) is 0.667. The molecule has 2 rings (SSSR count). The van der Waals surface area contributed by atoms with E-state index >= 15 is 0 Å². The van der Waals surface area contributed by atoms with Gasteiger partial charge in [0.15, 0.2) is 15.0 Å². The zero-order chi connectivity index (χ0) is 14.6. The Hall–Kier alpha value is -1.02. The van der Waals surface area contributed by atoms with Gasteiger partial charge in [0.25, 0.3) is 0 Å². The third-order valence-electron chi connectivity index (χ3n) is 3.11. The summed E-state index contributed by atoms with van der Waals surface area (Å²) in [5, 5.41) is 0.668. The second-order valence-corrected chi connectivity index (χ2v) is 8.14. The number of hydrogen-bond acceptors (Lipinski definition) is 7. The smallest absolute Gasteiger partial charge is 0.191 e. The number of unbranched alkanes of at least 4 members (excludes halogenated alkanes) is 1. The van der Waals surface area contributed by atoms with Crippen molar-refractivity contribution in [1.82, 2.24) is 9.97 Å². The van der Waals surface area contributed by atoms with Crippen LogP contribution in [0.15, 0.2) is 11.2 Å². The first-order valence-electron chi connectivity index (χ1n) is 6.73. The van der Waals surface area contributed by atoms with E-state index in [9.17, 15) is 8.42 Å². The average Bonchev–Trinajstić information content (AvgIpc) is 2.38. The Labute approximate surface area is 124 Å². The molecule has 0 spiro atoms. The topological polar surface area (TPSA) is 89.2 Å². The van der Waals surface area contributed by atoms with Crippen LogP contribution in [0.1, 0.15) is 19.8 Å². The molecule has 0 amide bonds. The van der Waals surface area contributed by atoms with Crippen LogP contribution in [-0.4, -0.2) is 48.7 Å². The summed E-state index contributed by atoms with van der Waals surface area (Å²) in [5.41, 5.74) is 5.81. The largest absolute Gasteiger partial charge is 0.383 e. The summed E-state index contributed by atoms with van der Waals surface area (Å²) >= 11 is 1.59. The first-order valence-corrected chi connectivity index (χ1v) is 9.53. The fourth-order valence-electron chi connectivity index (χ4n) is 1.91. The van der Waals surface area contributed by atoms with Crippen LogP contribution < -0.4 is 10.6 Å². The highest BCUT2D eigenvalue weighted by atomic mass is 32.2. The minimum atomic E-state index is -2.88. The highest BCUT2D eigenvalue weighted by Crippen LogP contribution is 2.22. The van der Waals surface area contributed by atoms with Gasteiger partial charge < -0.3 is 10.6 Å².